The lowest BCUT2D eigenvalue weighted by Gasteiger charge is -2.25. The number of phosphoric ester groups is 1. The summed E-state index contributed by atoms with van der Waals surface area (Å²) in [6.45, 7) is 2.86. The van der Waals surface area contributed by atoms with Crippen LogP contribution in [-0.2, 0) is 23.1 Å². The van der Waals surface area contributed by atoms with Crippen LogP contribution in [0.4, 0.5) is 5.82 Å². The van der Waals surface area contributed by atoms with Gasteiger partial charge in [0.25, 0.3) is 0 Å². The number of aliphatic hydroxyl groups is 2. The van der Waals surface area contributed by atoms with Crippen LogP contribution in [0.2, 0.25) is 0 Å². The van der Waals surface area contributed by atoms with Crippen molar-refractivity contribution in [2.75, 3.05) is 12.3 Å². The highest BCUT2D eigenvalue weighted by Gasteiger charge is 2.45. The molecule has 0 radical (unpaired) electrons. The van der Waals surface area contributed by atoms with E-state index in [4.69, 9.17) is 15.0 Å². The van der Waals surface area contributed by atoms with Crippen LogP contribution in [-0.4, -0.2) is 66.7 Å². The molecule has 0 saturated carbocycles. The van der Waals surface area contributed by atoms with Gasteiger partial charge < -0.3 is 40.4 Å². The number of nitrogens with two attached hydrogens (primary N) is 1. The number of fused-ring (bicyclic) bond motifs is 1. The monoisotopic (exact) mass is 460 g/mol. The van der Waals surface area contributed by atoms with E-state index in [0.29, 0.717) is 6.42 Å². The van der Waals surface area contributed by atoms with Gasteiger partial charge in [-0.05, 0) is 6.42 Å². The molecule has 0 spiro atoms. The number of aliphatic hydroxyl groups excluding tert-OH is 2. The number of phosphoric acid groups is 1. The van der Waals surface area contributed by atoms with Crippen molar-refractivity contribution in [3.63, 3.8) is 0 Å². The molecule has 3 heterocycles. The minimum atomic E-state index is -5.05. The van der Waals surface area contributed by atoms with Gasteiger partial charge in [-0.25, -0.2) is 19.7 Å². The predicted molar refractivity (Wildman–Crippen MR) is 101 cm³/mol. The first-order valence-electron chi connectivity index (χ1n) is 9.52. The average molecular weight is 460 g/mol. The van der Waals surface area contributed by atoms with E-state index in [2.05, 4.69) is 25.2 Å². The highest BCUT2D eigenvalue weighted by atomic mass is 31.2. The van der Waals surface area contributed by atoms with E-state index in [9.17, 15) is 24.5 Å². The summed E-state index contributed by atoms with van der Waals surface area (Å²) in [6.07, 6.45) is -2.25. The number of nitrogens with zero attached hydrogens (tertiary/aromatic N) is 4. The number of nitrogen functional groups attached to an aromatic ring is 1. The Morgan fingerprint density at radius 1 is 1.42 bits per heavy atom. The molecule has 0 amide bonds. The third-order valence-corrected chi connectivity index (χ3v) is 6.10. The zero-order valence-electron chi connectivity index (χ0n) is 16.9. The van der Waals surface area contributed by atoms with Crippen LogP contribution in [0, 0.1) is 5.92 Å². The zero-order valence-corrected chi connectivity index (χ0v) is 17.8. The molecule has 2 aromatic heterocycles. The molecule has 1 aliphatic heterocycles. The van der Waals surface area contributed by atoms with E-state index in [-0.39, 0.29) is 22.9 Å². The Kier molecular flexibility index (Phi) is 6.91. The summed E-state index contributed by atoms with van der Waals surface area (Å²) in [6, 6.07) is -0.889. The van der Waals surface area contributed by atoms with Crippen molar-refractivity contribution < 1.29 is 44.0 Å². The SMILES string of the molecule is CC[C@H](C)[C@H]([NH3+])C(=O)OP(=O)([O-])OC[C@H]1O[C@@H](n2cnc3c(N)ncnc32)[C@H](O)[C@@H]1O. The Morgan fingerprint density at radius 3 is 2.81 bits per heavy atom. The number of hydrogen-bond donors (Lipinski definition) is 4. The molecule has 3 rings (SSSR count). The van der Waals surface area contributed by atoms with Gasteiger partial charge in [-0.15, -0.1) is 0 Å². The Morgan fingerprint density at radius 2 is 2.13 bits per heavy atom. The first-order chi connectivity index (χ1) is 14.6. The minimum absolute atomic E-state index is 0.117. The second kappa shape index (κ2) is 9.12. The Bertz CT molecular complexity index is 988. The number of rotatable bonds is 8. The van der Waals surface area contributed by atoms with Crippen molar-refractivity contribution in [3.05, 3.63) is 12.7 Å². The molecule has 1 unspecified atom stereocenters. The average Bonchev–Trinajstić information content (AvgIpc) is 3.27. The number of carbonyl (C=O) groups is 1. The van der Waals surface area contributed by atoms with Gasteiger partial charge in [0.15, 0.2) is 23.7 Å². The number of hydrogen-bond acceptors (Lipinski definition) is 12. The summed E-state index contributed by atoms with van der Waals surface area (Å²) in [5.41, 5.74) is 9.86. The fourth-order valence-electron chi connectivity index (χ4n) is 3.04. The maximum absolute atomic E-state index is 12.0. The maximum atomic E-state index is 12.0. The van der Waals surface area contributed by atoms with Crippen molar-refractivity contribution in [1.82, 2.24) is 19.5 Å². The molecule has 0 bridgehead atoms. The fourth-order valence-corrected chi connectivity index (χ4v) is 3.78. The van der Waals surface area contributed by atoms with Crippen molar-refractivity contribution in [2.24, 2.45) is 5.92 Å². The third kappa shape index (κ3) is 4.85. The van der Waals surface area contributed by atoms with Crippen LogP contribution < -0.4 is 16.4 Å². The molecule has 172 valence electrons. The van der Waals surface area contributed by atoms with Gasteiger partial charge in [-0.3, -0.25) is 9.13 Å². The molecular weight excluding hydrogens is 435 g/mol. The van der Waals surface area contributed by atoms with Gasteiger partial charge in [-0.1, -0.05) is 13.8 Å². The summed E-state index contributed by atoms with van der Waals surface area (Å²) in [7, 11) is -5.05. The van der Waals surface area contributed by atoms with Crippen LogP contribution in [0.25, 0.3) is 11.2 Å². The second-order valence-electron chi connectivity index (χ2n) is 7.27. The van der Waals surface area contributed by atoms with E-state index < -0.39 is 51.0 Å². The number of ether oxygens (including phenoxy) is 1. The van der Waals surface area contributed by atoms with E-state index in [1.807, 2.05) is 6.92 Å². The van der Waals surface area contributed by atoms with Crippen molar-refractivity contribution in [3.8, 4) is 0 Å². The Balaban J connectivity index is 1.66. The number of carbonyl (C=O) groups excluding carboxylic acids is 1. The van der Waals surface area contributed by atoms with E-state index in [1.54, 1.807) is 6.92 Å². The molecule has 2 aromatic rings. The summed E-state index contributed by atoms with van der Waals surface area (Å²) >= 11 is 0. The van der Waals surface area contributed by atoms with Crippen LogP contribution in [0.15, 0.2) is 12.7 Å². The lowest BCUT2D eigenvalue weighted by atomic mass is 10.0. The first kappa shape index (κ1) is 23.5. The van der Waals surface area contributed by atoms with Gasteiger partial charge in [-0.2, -0.15) is 0 Å². The standard InChI is InChI=1S/C16H25N6O8P/c1-3-7(2)9(17)16(25)30-31(26,27)28-4-8-11(23)12(24)15(29-8)22-6-21-10-13(18)19-5-20-14(10)22/h5-9,11-12,15,23-24H,3-4,17H2,1-2H3,(H,26,27)(H2,18,19,20)/t7-,8+,9-,11+,12+,15+/m0/s1. The van der Waals surface area contributed by atoms with Crippen molar-refractivity contribution in [1.29, 1.82) is 0 Å². The summed E-state index contributed by atoms with van der Waals surface area (Å²) in [4.78, 5) is 35.9. The zero-order chi connectivity index (χ0) is 22.9. The lowest BCUT2D eigenvalue weighted by molar-refractivity contribution is -0.419. The summed E-state index contributed by atoms with van der Waals surface area (Å²) < 4.78 is 28.1. The maximum Gasteiger partial charge on any atom is 0.370 e. The predicted octanol–water partition coefficient (Wildman–Crippen LogP) is -2.29. The van der Waals surface area contributed by atoms with Crippen LogP contribution in [0.3, 0.4) is 0 Å². The highest BCUT2D eigenvalue weighted by Crippen LogP contribution is 2.41. The smallest absolute Gasteiger partial charge is 0.370 e. The Hall–Kier alpha value is -2.19. The molecular formula is C16H25N6O8P. The van der Waals surface area contributed by atoms with Crippen molar-refractivity contribution in [2.45, 2.75) is 50.8 Å². The quantitative estimate of drug-likeness (QED) is 0.306. The van der Waals surface area contributed by atoms with E-state index in [0.717, 1.165) is 0 Å². The second-order valence-corrected chi connectivity index (χ2v) is 8.61. The fraction of sp³-hybridized carbons (Fsp3) is 0.625. The topological polar surface area (TPSA) is 223 Å². The summed E-state index contributed by atoms with van der Waals surface area (Å²) in [5, 5.41) is 20.6. The highest BCUT2D eigenvalue weighted by molar-refractivity contribution is 7.46. The van der Waals surface area contributed by atoms with Gasteiger partial charge in [0.05, 0.1) is 12.9 Å². The van der Waals surface area contributed by atoms with Crippen LogP contribution in [0.1, 0.15) is 26.5 Å². The van der Waals surface area contributed by atoms with Crippen LogP contribution in [0.5, 0.6) is 0 Å². The van der Waals surface area contributed by atoms with E-state index >= 15 is 0 Å². The van der Waals surface area contributed by atoms with Gasteiger partial charge in [0.2, 0.25) is 0 Å². The molecule has 1 saturated heterocycles. The molecule has 1 fully saturated rings. The van der Waals surface area contributed by atoms with Gasteiger partial charge in [0.1, 0.15) is 30.2 Å². The molecule has 15 heteroatoms. The van der Waals surface area contributed by atoms with Crippen molar-refractivity contribution >= 4 is 30.8 Å². The molecule has 7 atom stereocenters. The molecule has 7 N–H and O–H groups in total. The van der Waals surface area contributed by atoms with E-state index in [1.165, 1.54) is 17.2 Å². The molecule has 0 aromatic carbocycles. The minimum Gasteiger partial charge on any atom is -0.746 e. The van der Waals surface area contributed by atoms with Crippen LogP contribution >= 0.6 is 7.82 Å². The molecule has 0 aliphatic carbocycles. The largest absolute Gasteiger partial charge is 0.746 e. The Labute approximate surface area is 176 Å². The number of anilines is 1. The van der Waals surface area contributed by atoms with Gasteiger partial charge in [0, 0.05) is 5.92 Å². The first-order valence-corrected chi connectivity index (χ1v) is 11.0. The van der Waals surface area contributed by atoms with Gasteiger partial charge >= 0.3 is 13.8 Å². The lowest BCUT2D eigenvalue weighted by Crippen LogP contribution is -2.68. The molecule has 31 heavy (non-hydrogen) atoms. The summed E-state index contributed by atoms with van der Waals surface area (Å²) in [5.74, 6) is -1.11. The number of aromatic nitrogens is 4. The normalized spacial score (nSPS) is 27.7. The molecule has 1 aliphatic rings. The molecule has 14 nitrogen and oxygen atoms in total. The number of imidazole rings is 1. The third-order valence-electron chi connectivity index (χ3n) is 5.23. The number of quaternary nitrogens is 1.